The number of carboxylic acid groups (broad SMARTS) is 1. The van der Waals surface area contributed by atoms with Crippen molar-refractivity contribution in [1.29, 1.82) is 0 Å². The molecule has 434 valence electrons. The summed E-state index contributed by atoms with van der Waals surface area (Å²) >= 11 is 2.72. The van der Waals surface area contributed by atoms with Crippen molar-refractivity contribution >= 4 is 90.4 Å². The molecule has 24 heteroatoms. The van der Waals surface area contributed by atoms with Crippen LogP contribution in [0.1, 0.15) is 91.5 Å². The van der Waals surface area contributed by atoms with Crippen LogP contribution in [0.4, 0.5) is 41.6 Å². The first kappa shape index (κ1) is 62.8. The van der Waals surface area contributed by atoms with Crippen LogP contribution in [0.15, 0.2) is 66.7 Å². The summed E-state index contributed by atoms with van der Waals surface area (Å²) in [6.45, 7) is 11.8. The molecule has 0 saturated carbocycles. The van der Waals surface area contributed by atoms with Crippen LogP contribution in [-0.4, -0.2) is 125 Å². The van der Waals surface area contributed by atoms with Gasteiger partial charge < -0.3 is 61.0 Å². The molecular formula is C58H70FN12O9S2+. The molecule has 5 amide bonds. The number of aromatic nitrogens is 4. The predicted molar refractivity (Wildman–Crippen MR) is 315 cm³/mol. The number of carboxylic acids is 1. The number of rotatable bonds is 26. The van der Waals surface area contributed by atoms with E-state index in [1.165, 1.54) is 34.8 Å². The number of nitrogens with two attached hydrogens (primary N) is 1. The number of terminal acetylenes is 1. The monoisotopic (exact) mass is 1160 g/mol. The van der Waals surface area contributed by atoms with Crippen molar-refractivity contribution in [3.8, 4) is 29.9 Å². The van der Waals surface area contributed by atoms with Crippen molar-refractivity contribution in [1.82, 2.24) is 36.1 Å². The average Bonchev–Trinajstić information content (AvgIpc) is 4.16. The fourth-order valence-electron chi connectivity index (χ4n) is 8.15. The summed E-state index contributed by atoms with van der Waals surface area (Å²) < 4.78 is 33.7. The number of benzene rings is 3. The number of aromatic carboxylic acids is 1. The van der Waals surface area contributed by atoms with Gasteiger partial charge in [0, 0.05) is 35.3 Å². The predicted octanol–water partition coefficient (Wildman–Crippen LogP) is 8.41. The SMILES string of the molecule is C#CCOCc1cc(NC(=O)[C@H](CCCNC(N)=O)NC(=O)[C@@H](NC(=O)OC(C)(C)C)C(C)C)ccc1C[N+](C)(C)CC#Cc1ccc(OCCCc2sc(N(C)c3cc(C)c(Nc4nc5ccccc5s4)nn3)nc2C(=O)O)c(F)c1. The minimum absolute atomic E-state index is 0.0317. The number of thiazole rings is 2. The molecule has 0 aliphatic heterocycles. The fourth-order valence-corrected chi connectivity index (χ4v) is 10.1. The highest BCUT2D eigenvalue weighted by atomic mass is 32.1. The van der Waals surface area contributed by atoms with Gasteiger partial charge in [-0.3, -0.25) is 9.59 Å². The lowest BCUT2D eigenvalue weighted by molar-refractivity contribution is -0.896. The Morgan fingerprint density at radius 1 is 0.951 bits per heavy atom. The van der Waals surface area contributed by atoms with Crippen LogP contribution in [0, 0.1) is 42.8 Å². The molecule has 8 N–H and O–H groups in total. The van der Waals surface area contributed by atoms with E-state index in [0.717, 1.165) is 26.9 Å². The molecule has 3 aromatic carbocycles. The molecule has 6 aromatic rings. The Bertz CT molecular complexity index is 3330. The van der Waals surface area contributed by atoms with Gasteiger partial charge in [-0.1, -0.05) is 55.2 Å². The van der Waals surface area contributed by atoms with Crippen LogP contribution < -0.4 is 42.0 Å². The van der Waals surface area contributed by atoms with Crippen molar-refractivity contribution in [3.63, 3.8) is 0 Å². The number of hydrogen-bond acceptors (Lipinski definition) is 16. The quantitative estimate of drug-likeness (QED) is 0.0153. The van der Waals surface area contributed by atoms with Crippen molar-refractivity contribution in [2.24, 2.45) is 11.7 Å². The van der Waals surface area contributed by atoms with E-state index in [0.29, 0.717) is 74.9 Å². The Kier molecular flexibility index (Phi) is 22.1. The first-order chi connectivity index (χ1) is 38.9. The van der Waals surface area contributed by atoms with E-state index in [1.54, 1.807) is 64.8 Å². The fraction of sp³-hybridized carbons (Fsp3) is 0.397. The zero-order valence-electron chi connectivity index (χ0n) is 47.4. The maximum absolute atomic E-state index is 15.4. The summed E-state index contributed by atoms with van der Waals surface area (Å²) in [5.41, 5.74) is 8.52. The zero-order chi connectivity index (χ0) is 59.7. The molecule has 0 radical (unpaired) electrons. The largest absolute Gasteiger partial charge is 0.491 e. The number of hydrogen-bond donors (Lipinski definition) is 7. The molecule has 0 aliphatic carbocycles. The Morgan fingerprint density at radius 3 is 2.40 bits per heavy atom. The van der Waals surface area contributed by atoms with E-state index in [2.05, 4.69) is 64.5 Å². The van der Waals surface area contributed by atoms with E-state index < -0.39 is 53.4 Å². The summed E-state index contributed by atoms with van der Waals surface area (Å²) in [6.07, 6.45) is 5.82. The van der Waals surface area contributed by atoms with E-state index in [9.17, 15) is 29.1 Å². The Labute approximate surface area is 484 Å². The van der Waals surface area contributed by atoms with Gasteiger partial charge in [0.15, 0.2) is 39.2 Å². The Morgan fingerprint density at radius 2 is 1.72 bits per heavy atom. The molecular weight excluding hydrogens is 1090 g/mol. The molecule has 21 nitrogen and oxygen atoms in total. The molecule has 0 aliphatic rings. The minimum Gasteiger partial charge on any atom is -0.491 e. The van der Waals surface area contributed by atoms with Gasteiger partial charge in [-0.25, -0.2) is 28.7 Å². The van der Waals surface area contributed by atoms with Gasteiger partial charge in [-0.2, -0.15) is 0 Å². The second kappa shape index (κ2) is 28.8. The van der Waals surface area contributed by atoms with Crippen LogP contribution in [-0.2, 0) is 38.6 Å². The normalized spacial score (nSPS) is 12.1. The molecule has 0 unspecified atom stereocenters. The van der Waals surface area contributed by atoms with E-state index in [-0.39, 0.29) is 50.1 Å². The lowest BCUT2D eigenvalue weighted by Crippen LogP contribution is -2.55. The van der Waals surface area contributed by atoms with Crippen LogP contribution >= 0.6 is 22.7 Å². The number of anilines is 5. The van der Waals surface area contributed by atoms with Gasteiger partial charge in [0.25, 0.3) is 0 Å². The van der Waals surface area contributed by atoms with Crippen molar-refractivity contribution in [3.05, 3.63) is 105 Å². The number of carbonyl (C=O) groups is 5. The third kappa shape index (κ3) is 18.8. The topological polar surface area (TPSA) is 274 Å². The maximum Gasteiger partial charge on any atom is 0.408 e. The number of urea groups is 1. The van der Waals surface area contributed by atoms with Gasteiger partial charge in [0.1, 0.15) is 37.4 Å². The van der Waals surface area contributed by atoms with Crippen LogP contribution in [0.25, 0.3) is 10.2 Å². The highest BCUT2D eigenvalue weighted by molar-refractivity contribution is 7.22. The first-order valence-corrected chi connectivity index (χ1v) is 28.0. The molecule has 3 aromatic heterocycles. The lowest BCUT2D eigenvalue weighted by Gasteiger charge is -2.29. The second-order valence-electron chi connectivity index (χ2n) is 21.2. The number of nitrogens with one attached hydrogen (secondary N) is 5. The van der Waals surface area contributed by atoms with Crippen molar-refractivity contribution in [2.45, 2.75) is 98.1 Å². The molecule has 2 atom stereocenters. The number of nitrogens with zero attached hydrogens (tertiary/aromatic N) is 6. The maximum atomic E-state index is 15.4. The molecule has 6 rings (SSSR count). The van der Waals surface area contributed by atoms with Crippen molar-refractivity contribution < 1.29 is 52.2 Å². The minimum atomic E-state index is -1.17. The van der Waals surface area contributed by atoms with Crippen LogP contribution in [0.3, 0.4) is 0 Å². The number of halogens is 1. The van der Waals surface area contributed by atoms with E-state index >= 15 is 4.39 Å². The summed E-state index contributed by atoms with van der Waals surface area (Å²) in [4.78, 5) is 75.0. The second-order valence-corrected chi connectivity index (χ2v) is 23.3. The van der Waals surface area contributed by atoms with Gasteiger partial charge >= 0.3 is 18.1 Å². The number of quaternary nitrogens is 1. The highest BCUT2D eigenvalue weighted by Gasteiger charge is 2.31. The third-order valence-corrected chi connectivity index (χ3v) is 14.4. The zero-order valence-corrected chi connectivity index (χ0v) is 49.0. The molecule has 0 fully saturated rings. The van der Waals surface area contributed by atoms with Crippen molar-refractivity contribution in [2.75, 3.05) is 63.0 Å². The smallest absolute Gasteiger partial charge is 0.408 e. The number of alkyl carbamates (subject to hydrolysis) is 1. The standard InChI is InChI=1S/C58H69FN12O9S2/c1-11-28-78-34-39-32-40(62-51(72)43(19-14-26-61-54(60)76)63-52(73)48(35(2)3)66-57(77)80-58(5,6)7)24-23-38(39)33-71(9,10)27-15-17-37-22-25-44(41(59)31-37)79-29-16-21-46-49(53(74)75)65-56(82-46)70(8)47-30-36(4)50(69-68-47)67-55-64-42-18-12-13-20-45(42)81-55/h1,12-13,18,20,22-25,30-32,35,43,48H,14,16,19,21,26-29,33-34H2,2-10H3,(H7-,60,61,62,63,64,66,67,69,72,73,74,75,76,77)/p+1/t43-,48-/m0/s1. The number of carbonyl (C=O) groups excluding carboxylic acids is 4. The summed E-state index contributed by atoms with van der Waals surface area (Å²) in [5.74, 6) is 6.46. The Balaban J connectivity index is 1.04. The summed E-state index contributed by atoms with van der Waals surface area (Å²) in [6, 6.07) is 16.7. The number of primary amides is 1. The van der Waals surface area contributed by atoms with Gasteiger partial charge in [0.05, 0.1) is 37.5 Å². The summed E-state index contributed by atoms with van der Waals surface area (Å²) in [5, 5.41) is 33.9. The average molecular weight is 1160 g/mol. The number of amides is 5. The molecule has 0 saturated heterocycles. The number of fused-ring (bicyclic) bond motifs is 1. The Hall–Kier alpha value is -8.42. The summed E-state index contributed by atoms with van der Waals surface area (Å²) in [7, 11) is 5.71. The number of ether oxygens (including phenoxy) is 3. The van der Waals surface area contributed by atoms with Gasteiger partial charge in [-0.15, -0.1) is 28.0 Å². The third-order valence-electron chi connectivity index (χ3n) is 12.2. The van der Waals surface area contributed by atoms with Gasteiger partial charge in [-0.05, 0) is 125 Å². The molecule has 0 bridgehead atoms. The molecule has 82 heavy (non-hydrogen) atoms. The van der Waals surface area contributed by atoms with E-state index in [1.807, 2.05) is 57.4 Å². The first-order valence-electron chi connectivity index (χ1n) is 26.3. The van der Waals surface area contributed by atoms with E-state index in [4.69, 9.17) is 26.4 Å². The molecule has 0 spiro atoms. The van der Waals surface area contributed by atoms with Crippen LogP contribution in [0.5, 0.6) is 5.75 Å². The highest BCUT2D eigenvalue weighted by Crippen LogP contribution is 2.33. The van der Waals surface area contributed by atoms with Crippen LogP contribution in [0.2, 0.25) is 0 Å². The lowest BCUT2D eigenvalue weighted by atomic mass is 10.0. The number of para-hydroxylation sites is 1. The van der Waals surface area contributed by atoms with Gasteiger partial charge in [0.2, 0.25) is 11.8 Å². The number of aryl methyl sites for hydroxylation is 2. The molecule has 3 heterocycles.